The molecule has 0 N–H and O–H groups in total. The van der Waals surface area contributed by atoms with Gasteiger partial charge in [0.05, 0.1) is 12.1 Å². The molecule has 4 nitrogen and oxygen atoms in total. The minimum Gasteiger partial charge on any atom is -0.494 e. The van der Waals surface area contributed by atoms with Crippen molar-refractivity contribution in [1.29, 1.82) is 0 Å². The molecule has 0 spiro atoms. The second-order valence-electron chi connectivity index (χ2n) is 6.28. The number of ether oxygens (including phenoxy) is 2. The van der Waals surface area contributed by atoms with Crippen LogP contribution < -0.4 is 9.47 Å². The Labute approximate surface area is 164 Å². The van der Waals surface area contributed by atoms with Crippen molar-refractivity contribution in [3.8, 4) is 22.6 Å². The summed E-state index contributed by atoms with van der Waals surface area (Å²) in [5.41, 5.74) is 1.35. The average Bonchev–Trinajstić information content (AvgIpc) is 3.13. The first-order chi connectivity index (χ1) is 13.5. The zero-order valence-corrected chi connectivity index (χ0v) is 15.5. The van der Waals surface area contributed by atoms with Gasteiger partial charge in [0.25, 0.3) is 0 Å². The monoisotopic (exact) mass is 401 g/mol. The van der Waals surface area contributed by atoms with Gasteiger partial charge in [0, 0.05) is 52.7 Å². The molecule has 7 heteroatoms. The topological polar surface area (TPSA) is 48.4 Å². The van der Waals surface area contributed by atoms with Crippen LogP contribution in [0.15, 0.2) is 42.7 Å². The van der Waals surface area contributed by atoms with Crippen LogP contribution in [0.25, 0.3) is 11.1 Å². The first kappa shape index (κ1) is 18.4. The Hall–Kier alpha value is -2.99. The third-order valence-electron chi connectivity index (χ3n) is 4.74. The summed E-state index contributed by atoms with van der Waals surface area (Å²) >= 11 is 6.24. The van der Waals surface area contributed by atoms with Crippen molar-refractivity contribution < 1.29 is 23.0 Å². The number of halogens is 3. The molecule has 3 aromatic rings. The van der Waals surface area contributed by atoms with E-state index in [1.54, 1.807) is 18.5 Å². The van der Waals surface area contributed by atoms with Gasteiger partial charge in [-0.15, -0.1) is 0 Å². The lowest BCUT2D eigenvalue weighted by Crippen LogP contribution is -2.03. The molecule has 0 bridgehead atoms. The van der Waals surface area contributed by atoms with Gasteiger partial charge >= 0.3 is 0 Å². The Balaban J connectivity index is 1.94. The van der Waals surface area contributed by atoms with E-state index in [0.29, 0.717) is 18.3 Å². The number of benzene rings is 2. The molecule has 1 aliphatic rings. The van der Waals surface area contributed by atoms with Crippen molar-refractivity contribution in [2.75, 3.05) is 7.11 Å². The molecular formula is C21H14ClF2NO3. The van der Waals surface area contributed by atoms with Crippen LogP contribution in [0.5, 0.6) is 11.5 Å². The molecule has 2 heterocycles. The maximum atomic E-state index is 15.1. The SMILES string of the molecule is COc1ccc(C=O)c(-c2c(Cl)c(F)cc3c2CC(c2cccnc2)O3)c1F. The number of hydrogen-bond donors (Lipinski definition) is 0. The van der Waals surface area contributed by atoms with E-state index >= 15 is 4.39 Å². The summed E-state index contributed by atoms with van der Waals surface area (Å²) in [5, 5.41) is -0.274. The van der Waals surface area contributed by atoms with Gasteiger partial charge in [0.15, 0.2) is 17.9 Å². The predicted octanol–water partition coefficient (Wildman–Crippen LogP) is 5.18. The number of nitrogens with zero attached hydrogens (tertiary/aromatic N) is 1. The molecule has 1 aliphatic heterocycles. The van der Waals surface area contributed by atoms with Crippen molar-refractivity contribution in [3.63, 3.8) is 0 Å². The first-order valence-electron chi connectivity index (χ1n) is 8.44. The molecule has 1 atom stereocenters. The van der Waals surface area contributed by atoms with Gasteiger partial charge in [-0.05, 0) is 18.2 Å². The van der Waals surface area contributed by atoms with Crippen LogP contribution >= 0.6 is 11.6 Å². The molecule has 4 rings (SSSR count). The number of aldehydes is 1. The van der Waals surface area contributed by atoms with Crippen LogP contribution in [0.3, 0.4) is 0 Å². The normalized spacial score (nSPS) is 15.1. The highest BCUT2D eigenvalue weighted by Crippen LogP contribution is 2.48. The number of hydrogen-bond acceptors (Lipinski definition) is 4. The summed E-state index contributed by atoms with van der Waals surface area (Å²) in [4.78, 5) is 15.6. The fraction of sp³-hybridized carbons (Fsp3) is 0.143. The Morgan fingerprint density at radius 1 is 1.29 bits per heavy atom. The standard InChI is InChI=1S/C21H14ClF2NO3/c1-27-15-5-4-12(10-26)18(21(15)24)19-13-7-16(11-3-2-6-25-9-11)28-17(13)8-14(23)20(19)22/h2-6,8-10,16H,7H2,1H3. The minimum absolute atomic E-state index is 0.0397. The molecule has 1 aromatic heterocycles. The summed E-state index contributed by atoms with van der Waals surface area (Å²) in [6.45, 7) is 0. The summed E-state index contributed by atoms with van der Waals surface area (Å²) in [6.07, 6.45) is 3.69. The molecule has 0 saturated heterocycles. The number of carbonyl (C=O) groups excluding carboxylic acids is 1. The zero-order chi connectivity index (χ0) is 19.8. The van der Waals surface area contributed by atoms with E-state index in [9.17, 15) is 9.18 Å². The zero-order valence-electron chi connectivity index (χ0n) is 14.7. The summed E-state index contributed by atoms with van der Waals surface area (Å²) in [7, 11) is 1.31. The quantitative estimate of drug-likeness (QED) is 0.565. The molecule has 0 aliphatic carbocycles. The molecule has 0 amide bonds. The van der Waals surface area contributed by atoms with Gasteiger partial charge in [0.2, 0.25) is 0 Å². The second kappa shape index (κ2) is 7.20. The smallest absolute Gasteiger partial charge is 0.173 e. The maximum Gasteiger partial charge on any atom is 0.173 e. The van der Waals surface area contributed by atoms with E-state index in [1.807, 2.05) is 6.07 Å². The number of aromatic nitrogens is 1. The summed E-state index contributed by atoms with van der Waals surface area (Å²) in [5.74, 6) is -1.37. The molecule has 2 aromatic carbocycles. The highest BCUT2D eigenvalue weighted by atomic mass is 35.5. The van der Waals surface area contributed by atoms with E-state index in [2.05, 4.69) is 4.98 Å². The number of carbonyl (C=O) groups is 1. The van der Waals surface area contributed by atoms with E-state index in [1.165, 1.54) is 25.3 Å². The molecule has 0 radical (unpaired) electrons. The van der Waals surface area contributed by atoms with Crippen molar-refractivity contribution >= 4 is 17.9 Å². The van der Waals surface area contributed by atoms with Crippen LogP contribution in [0.4, 0.5) is 8.78 Å². The van der Waals surface area contributed by atoms with E-state index < -0.39 is 17.7 Å². The van der Waals surface area contributed by atoms with Gasteiger partial charge < -0.3 is 9.47 Å². The van der Waals surface area contributed by atoms with Gasteiger partial charge in [-0.2, -0.15) is 0 Å². The van der Waals surface area contributed by atoms with Crippen LogP contribution in [0.1, 0.15) is 27.6 Å². The van der Waals surface area contributed by atoms with Crippen LogP contribution in [-0.4, -0.2) is 18.4 Å². The Morgan fingerprint density at radius 3 is 2.79 bits per heavy atom. The van der Waals surface area contributed by atoms with Crippen molar-refractivity contribution in [2.45, 2.75) is 12.5 Å². The minimum atomic E-state index is -0.786. The molecule has 142 valence electrons. The van der Waals surface area contributed by atoms with E-state index in [0.717, 1.165) is 5.56 Å². The van der Waals surface area contributed by atoms with Crippen LogP contribution in [0.2, 0.25) is 5.02 Å². The van der Waals surface area contributed by atoms with E-state index in [4.69, 9.17) is 21.1 Å². The molecule has 1 unspecified atom stereocenters. The lowest BCUT2D eigenvalue weighted by molar-refractivity contribution is 0.112. The van der Waals surface area contributed by atoms with Gasteiger partial charge in [0.1, 0.15) is 17.7 Å². The highest BCUT2D eigenvalue weighted by Gasteiger charge is 2.32. The predicted molar refractivity (Wildman–Crippen MR) is 100 cm³/mol. The Morgan fingerprint density at radius 2 is 2.11 bits per heavy atom. The number of fused-ring (bicyclic) bond motifs is 1. The summed E-state index contributed by atoms with van der Waals surface area (Å²) in [6, 6.07) is 7.53. The molecule has 28 heavy (non-hydrogen) atoms. The molecule has 0 saturated carbocycles. The lowest BCUT2D eigenvalue weighted by atomic mass is 9.92. The fourth-order valence-electron chi connectivity index (χ4n) is 3.42. The largest absolute Gasteiger partial charge is 0.494 e. The second-order valence-corrected chi connectivity index (χ2v) is 6.66. The Kier molecular flexibility index (Phi) is 4.73. The van der Waals surface area contributed by atoms with E-state index in [-0.39, 0.29) is 33.2 Å². The first-order valence-corrected chi connectivity index (χ1v) is 8.82. The lowest BCUT2D eigenvalue weighted by Gasteiger charge is -2.15. The van der Waals surface area contributed by atoms with Crippen molar-refractivity contribution in [1.82, 2.24) is 4.98 Å². The number of rotatable bonds is 4. The molecule has 0 fully saturated rings. The highest BCUT2D eigenvalue weighted by molar-refractivity contribution is 6.34. The fourth-order valence-corrected chi connectivity index (χ4v) is 3.69. The van der Waals surface area contributed by atoms with Gasteiger partial charge in [-0.3, -0.25) is 9.78 Å². The average molecular weight is 402 g/mol. The summed E-state index contributed by atoms with van der Waals surface area (Å²) < 4.78 is 40.5. The van der Waals surface area contributed by atoms with Crippen LogP contribution in [0, 0.1) is 11.6 Å². The maximum absolute atomic E-state index is 15.1. The molecular weight excluding hydrogens is 388 g/mol. The number of methoxy groups -OCH3 is 1. The third-order valence-corrected chi connectivity index (χ3v) is 5.11. The Bertz CT molecular complexity index is 1070. The number of pyridine rings is 1. The van der Waals surface area contributed by atoms with Crippen LogP contribution in [-0.2, 0) is 6.42 Å². The van der Waals surface area contributed by atoms with Gasteiger partial charge in [-0.1, -0.05) is 17.7 Å². The van der Waals surface area contributed by atoms with Crippen molar-refractivity contribution in [2.24, 2.45) is 0 Å². The van der Waals surface area contributed by atoms with Crippen molar-refractivity contribution in [3.05, 3.63) is 76.1 Å². The van der Waals surface area contributed by atoms with Gasteiger partial charge in [-0.25, -0.2) is 8.78 Å². The third kappa shape index (κ3) is 2.90.